The van der Waals surface area contributed by atoms with Crippen LogP contribution in [0.2, 0.25) is 0 Å². The Balaban J connectivity index is 1.56. The molecule has 4 aromatic rings. The average molecular weight is 397 g/mol. The molecule has 0 aliphatic carbocycles. The van der Waals surface area contributed by atoms with Gasteiger partial charge >= 0.3 is 0 Å². The maximum Gasteiger partial charge on any atom is 0.155 e. The van der Waals surface area contributed by atoms with E-state index < -0.39 is 0 Å². The number of pyridine rings is 1. The molecule has 2 aromatic carbocycles. The molecule has 152 valence electrons. The summed E-state index contributed by atoms with van der Waals surface area (Å²) in [7, 11) is 0. The molecular formula is C26H28N4. The zero-order chi connectivity index (χ0) is 21.0. The van der Waals surface area contributed by atoms with Crippen LogP contribution in [0.15, 0.2) is 79.1 Å². The summed E-state index contributed by atoms with van der Waals surface area (Å²) in [6.45, 7) is 6.73. The van der Waals surface area contributed by atoms with Crippen molar-refractivity contribution >= 4 is 0 Å². The third-order valence-corrected chi connectivity index (χ3v) is 5.29. The molecule has 0 atom stereocenters. The van der Waals surface area contributed by atoms with Crippen LogP contribution in [0.4, 0.5) is 0 Å². The van der Waals surface area contributed by atoms with Crippen LogP contribution >= 0.6 is 0 Å². The first-order chi connectivity index (χ1) is 14.5. The van der Waals surface area contributed by atoms with E-state index in [0.717, 1.165) is 30.2 Å². The van der Waals surface area contributed by atoms with E-state index in [1.54, 1.807) is 0 Å². The van der Waals surface area contributed by atoms with Gasteiger partial charge < -0.3 is 0 Å². The third kappa shape index (κ3) is 4.82. The first-order valence-electron chi connectivity index (χ1n) is 10.5. The molecule has 0 radical (unpaired) electrons. The highest BCUT2D eigenvalue weighted by Gasteiger charge is 2.14. The van der Waals surface area contributed by atoms with Gasteiger partial charge in [0, 0.05) is 25.2 Å². The lowest BCUT2D eigenvalue weighted by molar-refractivity contribution is 0.590. The molecule has 0 unspecified atom stereocenters. The molecule has 4 rings (SSSR count). The van der Waals surface area contributed by atoms with E-state index in [2.05, 4.69) is 62.2 Å². The van der Waals surface area contributed by atoms with Gasteiger partial charge in [0.2, 0.25) is 0 Å². The Labute approximate surface area is 178 Å². The minimum Gasteiger partial charge on any atom is -0.265 e. The van der Waals surface area contributed by atoms with Gasteiger partial charge in [-0.3, -0.25) is 4.98 Å². The summed E-state index contributed by atoms with van der Waals surface area (Å²) in [5, 5.41) is 4.82. The molecule has 0 bridgehead atoms. The quantitative estimate of drug-likeness (QED) is 0.442. The van der Waals surface area contributed by atoms with Crippen molar-refractivity contribution in [3.8, 4) is 5.69 Å². The lowest BCUT2D eigenvalue weighted by atomic mass is 9.86. The maximum absolute atomic E-state index is 4.89. The first-order valence-corrected chi connectivity index (χ1v) is 10.5. The highest BCUT2D eigenvalue weighted by Crippen LogP contribution is 2.22. The molecule has 0 amide bonds. The van der Waals surface area contributed by atoms with Gasteiger partial charge in [-0.25, -0.2) is 9.67 Å². The predicted octanol–water partition coefficient (Wildman–Crippen LogP) is 5.34. The van der Waals surface area contributed by atoms with E-state index >= 15 is 0 Å². The molecular weight excluding hydrogens is 368 g/mol. The molecule has 0 N–H and O–H groups in total. The predicted molar refractivity (Wildman–Crippen MR) is 121 cm³/mol. The van der Waals surface area contributed by atoms with Gasteiger partial charge in [-0.2, -0.15) is 5.10 Å². The second-order valence-corrected chi connectivity index (χ2v) is 8.67. The summed E-state index contributed by atoms with van der Waals surface area (Å²) in [5.74, 6) is 1.83. The highest BCUT2D eigenvalue weighted by atomic mass is 15.3. The summed E-state index contributed by atoms with van der Waals surface area (Å²) >= 11 is 0. The van der Waals surface area contributed by atoms with Crippen molar-refractivity contribution in [3.05, 3.63) is 107 Å². The van der Waals surface area contributed by atoms with E-state index in [-0.39, 0.29) is 5.41 Å². The van der Waals surface area contributed by atoms with E-state index in [9.17, 15) is 0 Å². The van der Waals surface area contributed by atoms with E-state index in [4.69, 9.17) is 10.1 Å². The highest BCUT2D eigenvalue weighted by molar-refractivity contribution is 5.32. The molecule has 4 nitrogen and oxygen atoms in total. The van der Waals surface area contributed by atoms with Crippen molar-refractivity contribution in [1.82, 2.24) is 19.7 Å². The monoisotopic (exact) mass is 396 g/mol. The molecule has 0 saturated carbocycles. The normalized spacial score (nSPS) is 11.6. The summed E-state index contributed by atoms with van der Waals surface area (Å²) in [6.07, 6.45) is 6.10. The Kier molecular flexibility index (Phi) is 5.75. The SMILES string of the molecule is CC(C)(C)c1ccc(CCc2nc(Cc3ccncc3)nn2-c2ccccc2)cc1. The van der Waals surface area contributed by atoms with Gasteiger partial charge in [0.15, 0.2) is 5.82 Å². The van der Waals surface area contributed by atoms with E-state index in [1.165, 1.54) is 16.7 Å². The lowest BCUT2D eigenvalue weighted by Gasteiger charge is -2.19. The summed E-state index contributed by atoms with van der Waals surface area (Å²) in [5.41, 5.74) is 5.07. The largest absolute Gasteiger partial charge is 0.265 e. The fourth-order valence-electron chi connectivity index (χ4n) is 3.52. The Morgan fingerprint density at radius 3 is 2.13 bits per heavy atom. The first kappa shape index (κ1) is 20.0. The van der Waals surface area contributed by atoms with Crippen molar-refractivity contribution in [2.45, 2.75) is 45.4 Å². The van der Waals surface area contributed by atoms with Gasteiger partial charge in [-0.05, 0) is 52.8 Å². The lowest BCUT2D eigenvalue weighted by Crippen LogP contribution is -2.10. The molecule has 0 aliphatic heterocycles. The summed E-state index contributed by atoms with van der Waals surface area (Å²) < 4.78 is 1.99. The van der Waals surface area contributed by atoms with Gasteiger partial charge in [0.05, 0.1) is 5.69 Å². The second-order valence-electron chi connectivity index (χ2n) is 8.67. The third-order valence-electron chi connectivity index (χ3n) is 5.29. The van der Waals surface area contributed by atoms with Crippen LogP contribution in [-0.2, 0) is 24.7 Å². The zero-order valence-corrected chi connectivity index (χ0v) is 17.9. The Hall–Kier alpha value is -3.27. The number of para-hydroxylation sites is 1. The van der Waals surface area contributed by atoms with Crippen LogP contribution < -0.4 is 0 Å². The summed E-state index contributed by atoms with van der Waals surface area (Å²) in [4.78, 5) is 8.98. The van der Waals surface area contributed by atoms with Crippen LogP contribution in [0.1, 0.15) is 49.1 Å². The van der Waals surface area contributed by atoms with Crippen LogP contribution in [0.25, 0.3) is 5.69 Å². The van der Waals surface area contributed by atoms with Crippen LogP contribution in [0.5, 0.6) is 0 Å². The smallest absolute Gasteiger partial charge is 0.155 e. The van der Waals surface area contributed by atoms with Crippen LogP contribution in [0, 0.1) is 0 Å². The van der Waals surface area contributed by atoms with Gasteiger partial charge in [-0.1, -0.05) is 63.2 Å². The topological polar surface area (TPSA) is 43.6 Å². The number of benzene rings is 2. The number of nitrogens with zero attached hydrogens (tertiary/aromatic N) is 4. The van der Waals surface area contributed by atoms with Crippen molar-refractivity contribution in [3.63, 3.8) is 0 Å². The van der Waals surface area contributed by atoms with Crippen molar-refractivity contribution in [1.29, 1.82) is 0 Å². The minimum absolute atomic E-state index is 0.174. The zero-order valence-electron chi connectivity index (χ0n) is 17.9. The van der Waals surface area contributed by atoms with Gasteiger partial charge in [0.25, 0.3) is 0 Å². The second kappa shape index (κ2) is 8.62. The van der Waals surface area contributed by atoms with Gasteiger partial charge in [0.1, 0.15) is 5.82 Å². The molecule has 2 heterocycles. The fraction of sp³-hybridized carbons (Fsp3) is 0.269. The van der Waals surface area contributed by atoms with Gasteiger partial charge in [-0.15, -0.1) is 0 Å². The molecule has 30 heavy (non-hydrogen) atoms. The Bertz CT molecular complexity index is 1080. The molecule has 4 heteroatoms. The molecule has 0 saturated heterocycles. The Morgan fingerprint density at radius 2 is 1.47 bits per heavy atom. The van der Waals surface area contributed by atoms with E-state index in [0.29, 0.717) is 6.42 Å². The van der Waals surface area contributed by atoms with Crippen molar-refractivity contribution < 1.29 is 0 Å². The van der Waals surface area contributed by atoms with Crippen LogP contribution in [0.3, 0.4) is 0 Å². The fourth-order valence-corrected chi connectivity index (χ4v) is 3.52. The minimum atomic E-state index is 0.174. The number of rotatable bonds is 6. The number of hydrogen-bond acceptors (Lipinski definition) is 3. The average Bonchev–Trinajstić information content (AvgIpc) is 3.16. The van der Waals surface area contributed by atoms with Crippen LogP contribution in [-0.4, -0.2) is 19.7 Å². The summed E-state index contributed by atoms with van der Waals surface area (Å²) in [6, 6.07) is 23.2. The molecule has 2 aromatic heterocycles. The molecule has 0 spiro atoms. The maximum atomic E-state index is 4.89. The number of aryl methyl sites for hydroxylation is 2. The molecule has 0 fully saturated rings. The van der Waals surface area contributed by atoms with E-state index in [1.807, 2.05) is 47.4 Å². The van der Waals surface area contributed by atoms with Crippen molar-refractivity contribution in [2.24, 2.45) is 0 Å². The standard InChI is InChI=1S/C26H28N4/c1-26(2,3)22-12-9-20(10-13-22)11-14-25-28-24(19-21-15-17-27-18-16-21)29-30(25)23-7-5-4-6-8-23/h4-10,12-13,15-18H,11,14,19H2,1-3H3. The number of aromatic nitrogens is 4. The molecule has 0 aliphatic rings. The Morgan fingerprint density at radius 1 is 0.767 bits per heavy atom. The van der Waals surface area contributed by atoms with Crippen molar-refractivity contribution in [2.75, 3.05) is 0 Å². The number of hydrogen-bond donors (Lipinski definition) is 0.